The molecule has 3 N–H and O–H groups in total. The summed E-state index contributed by atoms with van der Waals surface area (Å²) in [4.78, 5) is 36.9. The zero-order valence-corrected chi connectivity index (χ0v) is 19.5. The molecule has 0 aliphatic heterocycles. The molecule has 2 aliphatic rings. The topological polar surface area (TPSA) is 105 Å². The molecule has 7 heteroatoms. The molecular weight excluding hydrogens is 432 g/mol. The smallest absolute Gasteiger partial charge is 0.408 e. The van der Waals surface area contributed by atoms with Crippen molar-refractivity contribution < 1.29 is 24.2 Å². The van der Waals surface area contributed by atoms with Crippen molar-refractivity contribution in [3.8, 4) is 11.1 Å². The average Bonchev–Trinajstić information content (AvgIpc) is 3.16. The van der Waals surface area contributed by atoms with E-state index in [4.69, 9.17) is 9.84 Å². The Balaban J connectivity index is 1.42. The molecule has 1 fully saturated rings. The van der Waals surface area contributed by atoms with Crippen LogP contribution in [0.4, 0.5) is 4.79 Å². The summed E-state index contributed by atoms with van der Waals surface area (Å²) in [5.41, 5.74) is 3.55. The summed E-state index contributed by atoms with van der Waals surface area (Å²) in [6.45, 7) is 1.97. The van der Waals surface area contributed by atoms with Crippen molar-refractivity contribution in [1.82, 2.24) is 10.6 Å². The molecule has 0 saturated heterocycles. The Bertz CT molecular complexity index is 1010. The zero-order chi connectivity index (χ0) is 24.1. The fraction of sp³-hybridized carbons (Fsp3) is 0.444. The van der Waals surface area contributed by atoms with Gasteiger partial charge in [-0.2, -0.15) is 0 Å². The van der Waals surface area contributed by atoms with E-state index in [0.29, 0.717) is 19.3 Å². The van der Waals surface area contributed by atoms with Crippen LogP contribution < -0.4 is 10.6 Å². The summed E-state index contributed by atoms with van der Waals surface area (Å²) < 4.78 is 5.69. The van der Waals surface area contributed by atoms with E-state index in [1.54, 1.807) is 6.92 Å². The highest BCUT2D eigenvalue weighted by molar-refractivity contribution is 5.90. The average molecular weight is 465 g/mol. The minimum atomic E-state index is -1.03. The molecule has 2 aromatic carbocycles. The van der Waals surface area contributed by atoms with Crippen LogP contribution >= 0.6 is 0 Å². The van der Waals surface area contributed by atoms with Crippen molar-refractivity contribution in [1.29, 1.82) is 0 Å². The summed E-state index contributed by atoms with van der Waals surface area (Å²) in [7, 11) is 0. The third-order valence-corrected chi connectivity index (χ3v) is 7.00. The first-order valence-electron chi connectivity index (χ1n) is 12.1. The predicted molar refractivity (Wildman–Crippen MR) is 128 cm³/mol. The molecule has 2 aromatic rings. The number of carboxylic acids is 1. The molecule has 0 heterocycles. The van der Waals surface area contributed by atoms with Crippen LogP contribution in [0.25, 0.3) is 11.1 Å². The first kappa shape index (κ1) is 23.8. The van der Waals surface area contributed by atoms with Crippen molar-refractivity contribution in [3.63, 3.8) is 0 Å². The standard InChI is InChI=1S/C27H32N2O5/c1-18(13-14-24(30)31)28-25(32)27(15-7-2-8-16-27)29-26(33)34-17-23-21-11-5-3-9-19(21)20-10-4-6-12-22(20)23/h3-6,9-12,18,23H,2,7-8,13-17H2,1H3,(H,28,32)(H,29,33)(H,30,31). The molecule has 7 nitrogen and oxygen atoms in total. The second-order valence-electron chi connectivity index (χ2n) is 9.40. The number of rotatable bonds is 8. The number of aliphatic carboxylic acids is 1. The van der Waals surface area contributed by atoms with E-state index in [2.05, 4.69) is 34.9 Å². The van der Waals surface area contributed by atoms with Crippen LogP contribution in [-0.4, -0.2) is 41.3 Å². The Kier molecular flexibility index (Phi) is 7.20. The number of carboxylic acid groups (broad SMARTS) is 1. The summed E-state index contributed by atoms with van der Waals surface area (Å²) in [5.74, 6) is -1.21. The van der Waals surface area contributed by atoms with Gasteiger partial charge in [-0.05, 0) is 48.4 Å². The van der Waals surface area contributed by atoms with Gasteiger partial charge in [-0.25, -0.2) is 4.79 Å². The molecule has 0 radical (unpaired) electrons. The molecule has 2 aliphatic carbocycles. The molecule has 0 bridgehead atoms. The molecule has 1 atom stereocenters. The van der Waals surface area contributed by atoms with E-state index < -0.39 is 17.6 Å². The molecule has 0 aromatic heterocycles. The third-order valence-electron chi connectivity index (χ3n) is 7.00. The number of carbonyl (C=O) groups is 3. The molecule has 1 saturated carbocycles. The van der Waals surface area contributed by atoms with Gasteiger partial charge in [0.05, 0.1) is 0 Å². The summed E-state index contributed by atoms with van der Waals surface area (Å²) in [6.07, 6.45) is 3.47. The van der Waals surface area contributed by atoms with Gasteiger partial charge in [0, 0.05) is 18.4 Å². The molecule has 180 valence electrons. The van der Waals surface area contributed by atoms with Crippen LogP contribution in [0.15, 0.2) is 48.5 Å². The van der Waals surface area contributed by atoms with Crippen molar-refractivity contribution in [2.45, 2.75) is 69.4 Å². The van der Waals surface area contributed by atoms with Crippen LogP contribution in [-0.2, 0) is 14.3 Å². The minimum Gasteiger partial charge on any atom is -0.481 e. The number of hydrogen-bond acceptors (Lipinski definition) is 4. The number of ether oxygens (including phenoxy) is 1. The van der Waals surface area contributed by atoms with Gasteiger partial charge >= 0.3 is 12.1 Å². The molecule has 34 heavy (non-hydrogen) atoms. The monoisotopic (exact) mass is 464 g/mol. The lowest BCUT2D eigenvalue weighted by atomic mass is 9.80. The SMILES string of the molecule is CC(CCC(=O)O)NC(=O)C1(NC(=O)OCC2c3ccccc3-c3ccccc32)CCCCC1. The molecule has 4 rings (SSSR count). The highest BCUT2D eigenvalue weighted by atomic mass is 16.5. The summed E-state index contributed by atoms with van der Waals surface area (Å²) >= 11 is 0. The lowest BCUT2D eigenvalue weighted by molar-refractivity contribution is -0.137. The highest BCUT2D eigenvalue weighted by Crippen LogP contribution is 2.44. The van der Waals surface area contributed by atoms with Gasteiger partial charge < -0.3 is 20.5 Å². The summed E-state index contributed by atoms with van der Waals surface area (Å²) in [5, 5.41) is 14.7. The maximum atomic E-state index is 13.2. The van der Waals surface area contributed by atoms with E-state index in [0.717, 1.165) is 41.5 Å². The third kappa shape index (κ3) is 5.08. The van der Waals surface area contributed by atoms with Crippen LogP contribution in [0.1, 0.15) is 68.9 Å². The fourth-order valence-corrected chi connectivity index (χ4v) is 5.17. The second kappa shape index (κ2) is 10.3. The lowest BCUT2D eigenvalue weighted by Crippen LogP contribution is -2.61. The van der Waals surface area contributed by atoms with E-state index in [9.17, 15) is 14.4 Å². The van der Waals surface area contributed by atoms with Crippen molar-refractivity contribution in [2.24, 2.45) is 0 Å². The van der Waals surface area contributed by atoms with E-state index in [1.807, 2.05) is 24.3 Å². The Morgan fingerprint density at radius 2 is 1.59 bits per heavy atom. The van der Waals surface area contributed by atoms with Crippen molar-refractivity contribution >= 4 is 18.0 Å². The number of nitrogens with one attached hydrogen (secondary N) is 2. The van der Waals surface area contributed by atoms with Crippen molar-refractivity contribution in [3.05, 3.63) is 59.7 Å². The van der Waals surface area contributed by atoms with Crippen LogP contribution in [0.2, 0.25) is 0 Å². The first-order valence-corrected chi connectivity index (χ1v) is 12.1. The van der Waals surface area contributed by atoms with E-state index in [-0.39, 0.29) is 30.9 Å². The van der Waals surface area contributed by atoms with Crippen LogP contribution in [0, 0.1) is 0 Å². The normalized spacial score (nSPS) is 17.2. The fourth-order valence-electron chi connectivity index (χ4n) is 5.17. The number of amides is 2. The second-order valence-corrected chi connectivity index (χ2v) is 9.40. The van der Waals surface area contributed by atoms with Crippen LogP contribution in [0.3, 0.4) is 0 Å². The minimum absolute atomic E-state index is 0.0196. The van der Waals surface area contributed by atoms with E-state index in [1.165, 1.54) is 0 Å². The van der Waals surface area contributed by atoms with Gasteiger partial charge in [-0.3, -0.25) is 9.59 Å². The number of alkyl carbamates (subject to hydrolysis) is 1. The number of hydrogen-bond donors (Lipinski definition) is 3. The maximum absolute atomic E-state index is 13.2. The predicted octanol–water partition coefficient (Wildman–Crippen LogP) is 4.60. The maximum Gasteiger partial charge on any atom is 0.408 e. The Hall–Kier alpha value is -3.35. The Morgan fingerprint density at radius 1 is 1.00 bits per heavy atom. The molecule has 0 spiro atoms. The van der Waals surface area contributed by atoms with Gasteiger partial charge in [-0.15, -0.1) is 0 Å². The lowest BCUT2D eigenvalue weighted by Gasteiger charge is -2.37. The number of benzene rings is 2. The van der Waals surface area contributed by atoms with Crippen molar-refractivity contribution in [2.75, 3.05) is 6.61 Å². The number of carbonyl (C=O) groups excluding carboxylic acids is 2. The van der Waals surface area contributed by atoms with Gasteiger partial charge in [0.25, 0.3) is 0 Å². The van der Waals surface area contributed by atoms with Crippen LogP contribution in [0.5, 0.6) is 0 Å². The number of fused-ring (bicyclic) bond motifs is 3. The Morgan fingerprint density at radius 3 is 2.18 bits per heavy atom. The molecular formula is C27H32N2O5. The van der Waals surface area contributed by atoms with E-state index >= 15 is 0 Å². The molecule has 2 amide bonds. The summed E-state index contributed by atoms with van der Waals surface area (Å²) in [6, 6.07) is 16.0. The van der Waals surface area contributed by atoms with Gasteiger partial charge in [0.1, 0.15) is 12.1 Å². The largest absolute Gasteiger partial charge is 0.481 e. The Labute approximate surface area is 199 Å². The molecule has 1 unspecified atom stereocenters. The van der Waals surface area contributed by atoms with Gasteiger partial charge in [0.15, 0.2) is 0 Å². The van der Waals surface area contributed by atoms with Gasteiger partial charge in [-0.1, -0.05) is 67.8 Å². The first-order chi connectivity index (χ1) is 16.4. The quantitative estimate of drug-likeness (QED) is 0.530. The van der Waals surface area contributed by atoms with Gasteiger partial charge in [0.2, 0.25) is 5.91 Å². The zero-order valence-electron chi connectivity index (χ0n) is 19.5. The highest BCUT2D eigenvalue weighted by Gasteiger charge is 2.42.